The van der Waals surface area contributed by atoms with Crippen LogP contribution in [0.1, 0.15) is 0 Å². The van der Waals surface area contributed by atoms with E-state index in [4.69, 9.17) is 5.73 Å². The van der Waals surface area contributed by atoms with E-state index in [9.17, 15) is 17.6 Å². The van der Waals surface area contributed by atoms with E-state index >= 15 is 0 Å². The Hall–Kier alpha value is -2.19. The van der Waals surface area contributed by atoms with Crippen molar-refractivity contribution in [2.24, 2.45) is 0 Å². The van der Waals surface area contributed by atoms with Crippen LogP contribution in [-0.4, -0.2) is 26.6 Å². The summed E-state index contributed by atoms with van der Waals surface area (Å²) in [5, 5.41) is 10.0. The smallest absolute Gasteiger partial charge is 0.258 e. The van der Waals surface area contributed by atoms with Gasteiger partial charge in [-0.05, 0) is 16.5 Å². The van der Waals surface area contributed by atoms with Crippen LogP contribution in [0.2, 0.25) is 0 Å². The maximum atomic E-state index is 13.1. The summed E-state index contributed by atoms with van der Waals surface area (Å²) in [4.78, 5) is 0. The van der Waals surface area contributed by atoms with Gasteiger partial charge in [-0.1, -0.05) is 0 Å². The first kappa shape index (κ1) is 12.3. The van der Waals surface area contributed by atoms with Crippen LogP contribution in [0.3, 0.4) is 0 Å². The molecule has 0 aliphatic carbocycles. The van der Waals surface area contributed by atoms with E-state index < -0.39 is 24.6 Å². The maximum absolute atomic E-state index is 13.1. The molecule has 1 aromatic heterocycles. The molecule has 1 aromatic carbocycles. The fourth-order valence-corrected chi connectivity index (χ4v) is 1.41. The Kier molecular flexibility index (Phi) is 3.13. The zero-order valence-electron chi connectivity index (χ0n) is 8.82. The Morgan fingerprint density at radius 3 is 2.56 bits per heavy atom. The van der Waals surface area contributed by atoms with Gasteiger partial charge in [-0.2, -0.15) is 0 Å². The molecule has 0 aliphatic rings. The highest BCUT2D eigenvalue weighted by Gasteiger charge is 2.17. The molecule has 96 valence electrons. The highest BCUT2D eigenvalue weighted by Crippen LogP contribution is 2.26. The third-order valence-corrected chi connectivity index (χ3v) is 2.18. The van der Waals surface area contributed by atoms with Gasteiger partial charge < -0.3 is 5.73 Å². The van der Waals surface area contributed by atoms with Crippen molar-refractivity contribution >= 4 is 5.69 Å². The molecule has 2 N–H and O–H groups in total. The van der Waals surface area contributed by atoms with Crippen molar-refractivity contribution in [3.05, 3.63) is 23.8 Å². The van der Waals surface area contributed by atoms with Crippen LogP contribution in [0.15, 0.2) is 12.1 Å². The van der Waals surface area contributed by atoms with E-state index in [2.05, 4.69) is 15.5 Å². The number of hydrogen-bond acceptors (Lipinski definition) is 4. The molecule has 9 heteroatoms. The van der Waals surface area contributed by atoms with E-state index in [1.807, 2.05) is 0 Å². The van der Waals surface area contributed by atoms with Crippen molar-refractivity contribution in [2.75, 3.05) is 5.73 Å². The van der Waals surface area contributed by atoms with Gasteiger partial charge in [0.2, 0.25) is 0 Å². The predicted octanol–water partition coefficient (Wildman–Crippen LogP) is 1.47. The van der Waals surface area contributed by atoms with Gasteiger partial charge in [0.05, 0.1) is 0 Å². The summed E-state index contributed by atoms with van der Waals surface area (Å²) >= 11 is 0. The molecular formula is C9H7F4N5. The lowest BCUT2D eigenvalue weighted by atomic mass is 10.1. The van der Waals surface area contributed by atoms with Gasteiger partial charge in [0.25, 0.3) is 6.43 Å². The summed E-state index contributed by atoms with van der Waals surface area (Å²) in [6.45, 7) is -0.763. The average molecular weight is 261 g/mol. The lowest BCUT2D eigenvalue weighted by molar-refractivity contribution is 0.121. The Balaban J connectivity index is 2.49. The quantitative estimate of drug-likeness (QED) is 0.671. The molecule has 0 atom stereocenters. The van der Waals surface area contributed by atoms with Gasteiger partial charge in [-0.25, -0.2) is 22.2 Å². The molecule has 0 spiro atoms. The summed E-state index contributed by atoms with van der Waals surface area (Å²) in [6, 6.07) is 1.50. The van der Waals surface area contributed by atoms with Gasteiger partial charge in [0.15, 0.2) is 17.5 Å². The summed E-state index contributed by atoms with van der Waals surface area (Å²) in [5.41, 5.74) is 5.30. The number of benzene rings is 1. The number of anilines is 1. The normalized spacial score (nSPS) is 11.2. The number of halogens is 4. The zero-order chi connectivity index (χ0) is 13.3. The predicted molar refractivity (Wildman–Crippen MR) is 53.6 cm³/mol. The number of hydrogen-bond donors (Lipinski definition) is 1. The molecule has 0 amide bonds. The standard InChI is InChI=1S/C9H7F4N5/c10-5-1-4(7(14)2-6(5)11)9-15-16-17-18(9)3-8(12)13/h1-2,8H,3,14H2. The van der Waals surface area contributed by atoms with Crippen molar-refractivity contribution < 1.29 is 17.6 Å². The molecule has 0 fully saturated rings. The Morgan fingerprint density at radius 1 is 1.22 bits per heavy atom. The number of nitrogens with zero attached hydrogens (tertiary/aromatic N) is 4. The molecule has 5 nitrogen and oxygen atoms in total. The van der Waals surface area contributed by atoms with E-state index in [0.717, 1.165) is 16.8 Å². The second-order valence-electron chi connectivity index (χ2n) is 3.43. The van der Waals surface area contributed by atoms with E-state index in [-0.39, 0.29) is 17.1 Å². The molecule has 0 aliphatic heterocycles. The van der Waals surface area contributed by atoms with Crippen LogP contribution in [-0.2, 0) is 6.54 Å². The lowest BCUT2D eigenvalue weighted by Gasteiger charge is -2.07. The number of nitrogen functional groups attached to an aromatic ring is 1. The first-order valence-corrected chi connectivity index (χ1v) is 4.78. The molecule has 0 bridgehead atoms. The summed E-state index contributed by atoms with van der Waals surface area (Å²) in [6.07, 6.45) is -2.68. The van der Waals surface area contributed by atoms with Crippen molar-refractivity contribution in [1.29, 1.82) is 0 Å². The number of nitrogens with two attached hydrogens (primary N) is 1. The molecule has 2 rings (SSSR count). The van der Waals surface area contributed by atoms with E-state index in [1.165, 1.54) is 0 Å². The van der Waals surface area contributed by atoms with Gasteiger partial charge in [0.1, 0.15) is 6.54 Å². The largest absolute Gasteiger partial charge is 0.398 e. The van der Waals surface area contributed by atoms with Crippen LogP contribution in [0.5, 0.6) is 0 Å². The number of alkyl halides is 2. The fourth-order valence-electron chi connectivity index (χ4n) is 1.41. The Labute approximate surface area is 98.2 Å². The minimum atomic E-state index is -2.68. The number of aromatic nitrogens is 4. The first-order chi connectivity index (χ1) is 8.49. The molecule has 0 unspecified atom stereocenters. The van der Waals surface area contributed by atoms with Gasteiger partial charge >= 0.3 is 0 Å². The average Bonchev–Trinajstić information content (AvgIpc) is 2.70. The minimum Gasteiger partial charge on any atom is -0.398 e. The van der Waals surface area contributed by atoms with Crippen molar-refractivity contribution in [3.8, 4) is 11.4 Å². The maximum Gasteiger partial charge on any atom is 0.258 e. The van der Waals surface area contributed by atoms with Crippen molar-refractivity contribution in [3.63, 3.8) is 0 Å². The number of tetrazole rings is 1. The highest BCUT2D eigenvalue weighted by atomic mass is 19.3. The lowest BCUT2D eigenvalue weighted by Crippen LogP contribution is -2.10. The minimum absolute atomic E-state index is 0.0421. The molecular weight excluding hydrogens is 254 g/mol. The highest BCUT2D eigenvalue weighted by molar-refractivity contribution is 5.71. The van der Waals surface area contributed by atoms with Crippen LogP contribution in [0, 0.1) is 11.6 Å². The topological polar surface area (TPSA) is 69.6 Å². The SMILES string of the molecule is Nc1cc(F)c(F)cc1-c1nnnn1CC(F)F. The van der Waals surface area contributed by atoms with Crippen LogP contribution in [0.25, 0.3) is 11.4 Å². The fraction of sp³-hybridized carbons (Fsp3) is 0.222. The van der Waals surface area contributed by atoms with Gasteiger partial charge in [-0.15, -0.1) is 5.10 Å². The monoisotopic (exact) mass is 261 g/mol. The zero-order valence-corrected chi connectivity index (χ0v) is 8.82. The summed E-state index contributed by atoms with van der Waals surface area (Å²) in [7, 11) is 0. The van der Waals surface area contributed by atoms with Crippen molar-refractivity contribution in [1.82, 2.24) is 20.2 Å². The molecule has 1 heterocycles. The third-order valence-electron chi connectivity index (χ3n) is 2.18. The van der Waals surface area contributed by atoms with E-state index in [1.54, 1.807) is 0 Å². The molecule has 2 aromatic rings. The summed E-state index contributed by atoms with van der Waals surface area (Å²) in [5.74, 6) is -2.44. The van der Waals surface area contributed by atoms with Crippen LogP contribution >= 0.6 is 0 Å². The van der Waals surface area contributed by atoms with Crippen LogP contribution < -0.4 is 5.73 Å². The van der Waals surface area contributed by atoms with Crippen molar-refractivity contribution in [2.45, 2.75) is 13.0 Å². The second kappa shape index (κ2) is 4.59. The van der Waals surface area contributed by atoms with Gasteiger partial charge in [-0.3, -0.25) is 0 Å². The first-order valence-electron chi connectivity index (χ1n) is 4.78. The summed E-state index contributed by atoms with van der Waals surface area (Å²) < 4.78 is 51.3. The Bertz CT molecular complexity index is 568. The number of rotatable bonds is 3. The van der Waals surface area contributed by atoms with Gasteiger partial charge in [0, 0.05) is 17.3 Å². The molecule has 0 radical (unpaired) electrons. The molecule has 0 saturated carbocycles. The van der Waals surface area contributed by atoms with Crippen LogP contribution in [0.4, 0.5) is 23.2 Å². The van der Waals surface area contributed by atoms with E-state index in [0.29, 0.717) is 0 Å². The Morgan fingerprint density at radius 2 is 1.89 bits per heavy atom. The third kappa shape index (κ3) is 2.24. The molecule has 18 heavy (non-hydrogen) atoms. The molecule has 0 saturated heterocycles. The second-order valence-corrected chi connectivity index (χ2v) is 3.43.